The summed E-state index contributed by atoms with van der Waals surface area (Å²) in [6.07, 6.45) is 7.12. The number of likely N-dealkylation sites (N-methyl/N-ethyl adjacent to an activating group) is 1. The van der Waals surface area contributed by atoms with Crippen molar-refractivity contribution >= 4 is 41.1 Å². The number of thiazole rings is 1. The quantitative estimate of drug-likeness (QED) is 0.0520. The Morgan fingerprint density at radius 2 is 1.40 bits per heavy atom. The van der Waals surface area contributed by atoms with E-state index in [1.165, 1.54) is 4.90 Å². The number of amides is 5. The number of aliphatic hydroxyl groups is 1. The lowest BCUT2D eigenvalue weighted by atomic mass is 9.85. The second-order valence-corrected chi connectivity index (χ2v) is 27.9. The molecule has 5 aliphatic heterocycles. The average molecular weight is 1270 g/mol. The molecule has 5 aliphatic rings. The number of benzene rings is 3. The molecule has 5 aromatic rings. The number of nitrogens with one attached hydrogen (secondary N) is 3. The van der Waals surface area contributed by atoms with E-state index in [-0.39, 0.29) is 55.3 Å². The number of likely N-dealkylation sites (tertiary alicyclic amines) is 4. The summed E-state index contributed by atoms with van der Waals surface area (Å²) in [5, 5.41) is 20.2. The van der Waals surface area contributed by atoms with Gasteiger partial charge in [-0.3, -0.25) is 29.1 Å². The van der Waals surface area contributed by atoms with Gasteiger partial charge < -0.3 is 59.9 Å². The Labute approximate surface area is 542 Å². The monoisotopic (exact) mass is 1260 g/mol. The first-order valence-electron chi connectivity index (χ1n) is 33.0. The normalized spacial score (nSPS) is 20.3. The lowest BCUT2D eigenvalue weighted by molar-refractivity contribution is -0.144. The second-order valence-electron chi connectivity index (χ2n) is 27.1. The molecule has 5 amide bonds. The Morgan fingerprint density at radius 1 is 0.747 bits per heavy atom. The average Bonchev–Trinajstić information content (AvgIpc) is 1.81. The number of ether oxygens (including phenoxy) is 2. The zero-order chi connectivity index (χ0) is 64.2. The molecule has 0 saturated carbocycles. The van der Waals surface area contributed by atoms with Crippen LogP contribution in [0.3, 0.4) is 0 Å². The number of aromatic nitrogens is 2. The smallest absolute Gasteiger partial charge is 0.415 e. The van der Waals surface area contributed by atoms with Gasteiger partial charge in [0.2, 0.25) is 17.7 Å². The molecule has 4 N–H and O–H groups in total. The fourth-order valence-electron chi connectivity index (χ4n) is 13.6. The van der Waals surface area contributed by atoms with Crippen molar-refractivity contribution in [3.8, 4) is 27.7 Å². The molecule has 20 nitrogen and oxygen atoms in total. The highest BCUT2D eigenvalue weighted by atomic mass is 32.1. The van der Waals surface area contributed by atoms with Crippen molar-refractivity contribution in [1.82, 2.24) is 60.2 Å². The maximum atomic E-state index is 14.3. The summed E-state index contributed by atoms with van der Waals surface area (Å²) in [5.41, 5.74) is 6.83. The number of nitrogens with zero attached hydrogens (tertiary/aromatic N) is 9. The van der Waals surface area contributed by atoms with Crippen molar-refractivity contribution in [2.24, 2.45) is 17.3 Å². The van der Waals surface area contributed by atoms with Crippen molar-refractivity contribution in [3.63, 3.8) is 0 Å². The number of hydrogen-bond acceptors (Lipinski definition) is 16. The van der Waals surface area contributed by atoms with E-state index in [9.17, 15) is 29.1 Å². The topological polar surface area (TPSA) is 209 Å². The number of aliphatic hydroxyl groups excluding tert-OH is 1. The molecule has 4 atom stereocenters. The Morgan fingerprint density at radius 3 is 2.05 bits per heavy atom. The van der Waals surface area contributed by atoms with Crippen LogP contribution in [0.1, 0.15) is 117 Å². The summed E-state index contributed by atoms with van der Waals surface area (Å²) in [6.45, 7) is 23.3. The van der Waals surface area contributed by atoms with Gasteiger partial charge in [-0.1, -0.05) is 51.1 Å². The van der Waals surface area contributed by atoms with Gasteiger partial charge >= 0.3 is 6.09 Å². The number of pyridine rings is 1. The molecular weight excluding hydrogens is 1170 g/mol. The lowest BCUT2D eigenvalue weighted by Crippen LogP contribution is -2.59. The van der Waals surface area contributed by atoms with Crippen LogP contribution in [-0.4, -0.2) is 216 Å². The number of carbonyl (C=O) groups excluding carboxylic acids is 5. The van der Waals surface area contributed by atoms with Gasteiger partial charge in [0.25, 0.3) is 5.91 Å². The van der Waals surface area contributed by atoms with E-state index in [1.54, 1.807) is 52.6 Å². The van der Waals surface area contributed by atoms with E-state index >= 15 is 0 Å². The highest BCUT2D eigenvalue weighted by Crippen LogP contribution is 2.33. The summed E-state index contributed by atoms with van der Waals surface area (Å²) in [5.74, 6) is 2.07. The van der Waals surface area contributed by atoms with Gasteiger partial charge in [-0.15, -0.1) is 11.3 Å². The molecule has 5 fully saturated rings. The van der Waals surface area contributed by atoms with E-state index in [0.717, 1.165) is 150 Å². The molecule has 3 aromatic carbocycles. The molecule has 2 aromatic heterocycles. The van der Waals surface area contributed by atoms with Crippen LogP contribution in [0.2, 0.25) is 0 Å². The number of carbonyl (C=O) groups is 5. The Bertz CT molecular complexity index is 3220. The molecule has 0 spiro atoms. The van der Waals surface area contributed by atoms with Crippen LogP contribution in [0.15, 0.2) is 96.6 Å². The first-order chi connectivity index (χ1) is 43.8. The number of piperidine rings is 3. The summed E-state index contributed by atoms with van der Waals surface area (Å²) in [4.78, 5) is 93.8. The van der Waals surface area contributed by atoms with Crippen LogP contribution < -0.4 is 25.4 Å². The highest BCUT2D eigenvalue weighted by molar-refractivity contribution is 7.13. The van der Waals surface area contributed by atoms with E-state index in [2.05, 4.69) is 46.6 Å². The Hall–Kier alpha value is -6.85. The number of aryl methyl sites for hydroxylation is 1. The number of piperazine rings is 1. The van der Waals surface area contributed by atoms with Gasteiger partial charge in [-0.2, -0.15) is 0 Å². The van der Waals surface area contributed by atoms with Gasteiger partial charge in [-0.05, 0) is 174 Å². The molecule has 10 rings (SSSR count). The third-order valence-electron chi connectivity index (χ3n) is 19.1. The van der Waals surface area contributed by atoms with Gasteiger partial charge in [-0.25, -0.2) is 9.78 Å². The molecule has 0 aliphatic carbocycles. The van der Waals surface area contributed by atoms with Crippen LogP contribution in [0.5, 0.6) is 17.2 Å². The van der Waals surface area contributed by atoms with Crippen LogP contribution in [0.4, 0.5) is 4.79 Å². The van der Waals surface area contributed by atoms with E-state index in [0.29, 0.717) is 60.2 Å². The summed E-state index contributed by atoms with van der Waals surface area (Å²) in [7, 11) is 3.81. The molecule has 490 valence electrons. The van der Waals surface area contributed by atoms with E-state index in [1.807, 2.05) is 108 Å². The Kier molecular flexibility index (Phi) is 23.0. The molecule has 21 heteroatoms. The molecule has 7 heterocycles. The molecule has 91 heavy (non-hydrogen) atoms. The first-order valence-corrected chi connectivity index (χ1v) is 33.9. The lowest BCUT2D eigenvalue weighted by Gasteiger charge is -2.40. The van der Waals surface area contributed by atoms with Crippen LogP contribution in [0, 0.1) is 24.2 Å². The zero-order valence-corrected chi connectivity index (χ0v) is 55.3. The fourth-order valence-corrected chi connectivity index (χ4v) is 14.4. The third-order valence-corrected chi connectivity index (χ3v) is 20.1. The predicted molar refractivity (Wildman–Crippen MR) is 354 cm³/mol. The maximum Gasteiger partial charge on any atom is 0.415 e. The van der Waals surface area contributed by atoms with Crippen LogP contribution in [-0.2, 0) is 20.9 Å². The van der Waals surface area contributed by atoms with Crippen LogP contribution >= 0.6 is 11.3 Å². The largest absolute Gasteiger partial charge is 0.457 e. The van der Waals surface area contributed by atoms with E-state index < -0.39 is 23.6 Å². The minimum absolute atomic E-state index is 0.0199. The van der Waals surface area contributed by atoms with Gasteiger partial charge in [0.15, 0.2) is 0 Å². The zero-order valence-electron chi connectivity index (χ0n) is 54.5. The Balaban J connectivity index is 0.593. The summed E-state index contributed by atoms with van der Waals surface area (Å²) >= 11 is 1.59. The number of rotatable bonds is 22. The second kappa shape index (κ2) is 31.2. The molecule has 0 unspecified atom stereocenters. The van der Waals surface area contributed by atoms with Crippen molar-refractivity contribution in [2.75, 3.05) is 119 Å². The van der Waals surface area contributed by atoms with Crippen LogP contribution in [0.25, 0.3) is 10.4 Å². The molecule has 0 bridgehead atoms. The predicted octanol–water partition coefficient (Wildman–Crippen LogP) is 7.89. The van der Waals surface area contributed by atoms with Gasteiger partial charge in [0, 0.05) is 115 Å². The minimum atomic E-state index is -0.888. The van der Waals surface area contributed by atoms with Gasteiger partial charge in [0.05, 0.1) is 34.8 Å². The minimum Gasteiger partial charge on any atom is -0.457 e. The van der Waals surface area contributed by atoms with Crippen molar-refractivity contribution in [2.45, 2.75) is 116 Å². The molecule has 0 radical (unpaired) electrons. The standard InChI is InChI=1S/C70H96N12O8S/c1-48(53-11-13-55(14-12-53)64-49(2)73-47-91-64)74-66(85)62-41-57(83)45-82(62)68(87)65(70(3,4)5)75-63(84)46-80-37-35-79(36-38-80)44-50-20-28-78(29-21-50)43-51-22-32-81(33-23-51)69(88)90-59-17-15-58(16-18-59)89-60-10-8-9-56(40-60)67(86)76(7)42-52-19-26-72-61(39-52)54-24-30-77(31-25-54)34-27-71-6/h8-19,26,39-40,47-48,50-51,54,57,62,65,71,83H,20-25,27-38,41-46H2,1-7H3,(H,74,85)(H,75,84)/t48-,57+,62-,65+/m0/s1. The van der Waals surface area contributed by atoms with E-state index in [4.69, 9.17) is 14.5 Å². The SMILES string of the molecule is CNCCN1CCC(c2cc(CN(C)C(=O)c3cccc(Oc4ccc(OC(=O)N5CCC(CN6CCC(CN7CCN(CC(=O)N[C@H](C(=O)N8C[C@H](O)C[C@H]8C(=O)N[C@@H](C)c8ccc(-c9scnc9C)cc8)C(C)(C)C)CC7)CC6)CC5)cc4)c3)ccn2)CC1. The summed E-state index contributed by atoms with van der Waals surface area (Å²) in [6, 6.07) is 24.3. The van der Waals surface area contributed by atoms with Crippen molar-refractivity contribution in [3.05, 3.63) is 125 Å². The molecular formula is C70H96N12O8S. The number of β-amino-alcohol motifs (C(OH)–C–C–N with tert-alkyl or cyclic N) is 1. The maximum absolute atomic E-state index is 14.3. The van der Waals surface area contributed by atoms with Crippen molar-refractivity contribution in [1.29, 1.82) is 0 Å². The van der Waals surface area contributed by atoms with Crippen molar-refractivity contribution < 1.29 is 38.6 Å². The number of hydrogen-bond donors (Lipinski definition) is 4. The third kappa shape index (κ3) is 18.3. The highest BCUT2D eigenvalue weighted by Gasteiger charge is 2.45. The summed E-state index contributed by atoms with van der Waals surface area (Å²) < 4.78 is 12.0. The van der Waals surface area contributed by atoms with Gasteiger partial charge in [0.1, 0.15) is 29.3 Å². The molecule has 5 saturated heterocycles. The fraction of sp³-hybridized carbons (Fsp3) is 0.557. The first kappa shape index (κ1) is 67.1.